The molecule has 0 bridgehead atoms. The van der Waals surface area contributed by atoms with Crippen LogP contribution in [0.5, 0.6) is 0 Å². The molecule has 10 heteroatoms. The van der Waals surface area contributed by atoms with Gasteiger partial charge in [0.15, 0.2) is 0 Å². The van der Waals surface area contributed by atoms with Gasteiger partial charge in [0.2, 0.25) is 0 Å². The molecular weight excluding hydrogens is 516 g/mol. The molecule has 222 valence electrons. The van der Waals surface area contributed by atoms with Crippen LogP contribution in [0, 0.1) is 0 Å². The van der Waals surface area contributed by atoms with Gasteiger partial charge in [-0.2, -0.15) is 0 Å². The number of carbonyl (C=O) groups is 6. The highest BCUT2D eigenvalue weighted by molar-refractivity contribution is 6.15. The molecule has 4 amide bonds. The van der Waals surface area contributed by atoms with Crippen LogP contribution in [0.25, 0.3) is 0 Å². The Morgan fingerprint density at radius 2 is 0.725 bits per heavy atom. The summed E-state index contributed by atoms with van der Waals surface area (Å²) in [6.45, 7) is 3.61. The maximum absolute atomic E-state index is 12.0. The fourth-order valence-electron chi connectivity index (χ4n) is 4.71. The van der Waals surface area contributed by atoms with Crippen molar-refractivity contribution >= 4 is 35.6 Å². The van der Waals surface area contributed by atoms with Crippen molar-refractivity contribution in [2.45, 2.75) is 116 Å². The van der Waals surface area contributed by atoms with Crippen LogP contribution in [0.15, 0.2) is 24.3 Å². The number of ether oxygens (including phenoxy) is 2. The van der Waals surface area contributed by atoms with Crippen molar-refractivity contribution in [2.75, 3.05) is 13.2 Å². The highest BCUT2D eigenvalue weighted by atomic mass is 16.5. The van der Waals surface area contributed by atoms with Crippen molar-refractivity contribution in [1.82, 2.24) is 9.80 Å². The monoisotopic (exact) mass is 560 g/mol. The first-order valence-corrected chi connectivity index (χ1v) is 14.7. The Balaban J connectivity index is 1.31. The van der Waals surface area contributed by atoms with E-state index in [4.69, 9.17) is 9.47 Å². The second-order valence-corrected chi connectivity index (χ2v) is 10.4. The Labute approximate surface area is 237 Å². The van der Waals surface area contributed by atoms with Crippen molar-refractivity contribution in [3.63, 3.8) is 0 Å². The summed E-state index contributed by atoms with van der Waals surface area (Å²) in [5.41, 5.74) is 0. The molecule has 0 saturated heterocycles. The second kappa shape index (κ2) is 18.1. The Bertz CT molecular complexity index is 845. The highest BCUT2D eigenvalue weighted by Crippen LogP contribution is 2.15. The van der Waals surface area contributed by atoms with Crippen molar-refractivity contribution in [3.8, 4) is 0 Å². The van der Waals surface area contributed by atoms with E-state index < -0.39 is 47.7 Å². The van der Waals surface area contributed by atoms with E-state index >= 15 is 0 Å². The summed E-state index contributed by atoms with van der Waals surface area (Å²) < 4.78 is 10.4. The zero-order valence-electron chi connectivity index (χ0n) is 23.9. The maximum atomic E-state index is 12.0. The zero-order chi connectivity index (χ0) is 29.3. The van der Waals surface area contributed by atoms with Gasteiger partial charge in [-0.3, -0.25) is 29.0 Å². The number of hydrogen-bond donors (Lipinski definition) is 0. The summed E-state index contributed by atoms with van der Waals surface area (Å²) in [6.07, 6.45) is 20.0. The van der Waals surface area contributed by atoms with Crippen molar-refractivity contribution in [2.24, 2.45) is 0 Å². The highest BCUT2D eigenvalue weighted by Gasteiger charge is 2.34. The minimum absolute atomic E-state index is 0.304. The van der Waals surface area contributed by atoms with Crippen LogP contribution in [-0.2, 0) is 38.2 Å². The number of unbranched alkanes of at least 4 members (excludes halogenated alkanes) is 13. The summed E-state index contributed by atoms with van der Waals surface area (Å²) in [5, 5.41) is 0. The number of imide groups is 2. The molecule has 10 nitrogen and oxygen atoms in total. The summed E-state index contributed by atoms with van der Waals surface area (Å²) in [5.74, 6) is -3.02. The second-order valence-electron chi connectivity index (χ2n) is 10.4. The van der Waals surface area contributed by atoms with E-state index in [0.29, 0.717) is 13.2 Å². The number of hydrogen-bond acceptors (Lipinski definition) is 8. The van der Waals surface area contributed by atoms with Gasteiger partial charge in [-0.05, 0) is 26.7 Å². The van der Waals surface area contributed by atoms with E-state index in [2.05, 4.69) is 0 Å². The van der Waals surface area contributed by atoms with Gasteiger partial charge in [-0.15, -0.1) is 0 Å². The van der Waals surface area contributed by atoms with Crippen molar-refractivity contribution < 1.29 is 38.2 Å². The lowest BCUT2D eigenvalue weighted by Crippen LogP contribution is -2.43. The van der Waals surface area contributed by atoms with Gasteiger partial charge < -0.3 is 9.47 Å². The van der Waals surface area contributed by atoms with Crippen LogP contribution in [0.2, 0.25) is 0 Å². The first-order valence-electron chi connectivity index (χ1n) is 14.7. The molecule has 0 aromatic rings. The molecule has 0 aromatic carbocycles. The molecule has 2 heterocycles. The predicted molar refractivity (Wildman–Crippen MR) is 147 cm³/mol. The van der Waals surface area contributed by atoms with Gasteiger partial charge in [0, 0.05) is 24.3 Å². The van der Waals surface area contributed by atoms with Gasteiger partial charge in [0.1, 0.15) is 12.1 Å². The quantitative estimate of drug-likeness (QED) is 0.116. The van der Waals surface area contributed by atoms with Gasteiger partial charge in [0.25, 0.3) is 23.6 Å². The van der Waals surface area contributed by atoms with E-state index in [1.807, 2.05) is 0 Å². The van der Waals surface area contributed by atoms with E-state index in [-0.39, 0.29) is 0 Å². The third-order valence-electron chi connectivity index (χ3n) is 7.17. The Morgan fingerprint density at radius 3 is 0.975 bits per heavy atom. The van der Waals surface area contributed by atoms with Crippen LogP contribution >= 0.6 is 0 Å². The van der Waals surface area contributed by atoms with Crippen LogP contribution in [-0.4, -0.2) is 70.7 Å². The van der Waals surface area contributed by atoms with Gasteiger partial charge in [-0.25, -0.2) is 9.59 Å². The van der Waals surface area contributed by atoms with Crippen LogP contribution in [0.4, 0.5) is 0 Å². The molecule has 2 atom stereocenters. The SMILES string of the molecule is CC(C(=O)OCCCCCCCCCCCCCCCCOC(=O)C(C)N1C(=O)C=CC1=O)N1C(=O)C=CC1=O. The van der Waals surface area contributed by atoms with E-state index in [0.717, 1.165) is 85.5 Å². The molecule has 0 saturated carbocycles. The van der Waals surface area contributed by atoms with E-state index in [9.17, 15) is 28.8 Å². The minimum Gasteiger partial charge on any atom is -0.464 e. The molecule has 2 unspecified atom stereocenters. The number of amides is 4. The number of carbonyl (C=O) groups excluding carboxylic acids is 6. The van der Waals surface area contributed by atoms with Gasteiger partial charge in [0.05, 0.1) is 13.2 Å². The molecule has 2 rings (SSSR count). The van der Waals surface area contributed by atoms with Crippen molar-refractivity contribution in [3.05, 3.63) is 24.3 Å². The summed E-state index contributed by atoms with van der Waals surface area (Å²) in [7, 11) is 0. The first kappa shape index (κ1) is 32.9. The molecule has 0 aliphatic carbocycles. The van der Waals surface area contributed by atoms with E-state index in [1.165, 1.54) is 52.4 Å². The normalized spacial score (nSPS) is 16.2. The molecule has 40 heavy (non-hydrogen) atoms. The minimum atomic E-state index is -0.900. The van der Waals surface area contributed by atoms with Crippen LogP contribution in [0.3, 0.4) is 0 Å². The average molecular weight is 561 g/mol. The van der Waals surface area contributed by atoms with Crippen LogP contribution in [0.1, 0.15) is 104 Å². The Morgan fingerprint density at radius 1 is 0.500 bits per heavy atom. The lowest BCUT2D eigenvalue weighted by Gasteiger charge is -2.20. The third kappa shape index (κ3) is 11.1. The summed E-state index contributed by atoms with van der Waals surface area (Å²) in [6, 6.07) is -1.80. The molecule has 0 aromatic heterocycles. The van der Waals surface area contributed by atoms with Gasteiger partial charge >= 0.3 is 11.9 Å². The van der Waals surface area contributed by atoms with Gasteiger partial charge in [-0.1, -0.05) is 77.0 Å². The first-order chi connectivity index (χ1) is 19.2. The number of rotatable bonds is 21. The number of nitrogens with zero attached hydrogens (tertiary/aromatic N) is 2. The smallest absolute Gasteiger partial charge is 0.329 e. The summed E-state index contributed by atoms with van der Waals surface area (Å²) in [4.78, 5) is 72.4. The molecular formula is C30H44N2O8. The topological polar surface area (TPSA) is 127 Å². The molecule has 0 spiro atoms. The molecule has 0 N–H and O–H groups in total. The van der Waals surface area contributed by atoms with E-state index in [1.54, 1.807) is 0 Å². The standard InChI is InChI=1S/C30H44N2O8/c1-23(31-25(33)17-18-26(31)34)29(37)39-21-15-13-11-9-7-5-3-4-6-8-10-12-14-16-22-40-30(38)24(2)32-27(35)19-20-28(32)36/h17-20,23-24H,3-16,21-22H2,1-2H3. The average Bonchev–Trinajstić information content (AvgIpc) is 3.45. The predicted octanol–water partition coefficient (Wildman–Crippen LogP) is 4.16. The molecule has 2 aliphatic heterocycles. The maximum Gasteiger partial charge on any atom is 0.329 e. The zero-order valence-corrected chi connectivity index (χ0v) is 23.9. The summed E-state index contributed by atoms with van der Waals surface area (Å²) >= 11 is 0. The Hall–Kier alpha value is -3.30. The lowest BCUT2D eigenvalue weighted by molar-refractivity contribution is -0.156. The lowest BCUT2D eigenvalue weighted by atomic mass is 10.0. The Kier molecular flexibility index (Phi) is 14.9. The van der Waals surface area contributed by atoms with Crippen molar-refractivity contribution in [1.29, 1.82) is 0 Å². The van der Waals surface area contributed by atoms with Crippen LogP contribution < -0.4 is 0 Å². The third-order valence-corrected chi connectivity index (χ3v) is 7.17. The molecule has 2 aliphatic rings. The molecule has 0 fully saturated rings. The molecule has 0 radical (unpaired) electrons. The number of esters is 2. The fourth-order valence-corrected chi connectivity index (χ4v) is 4.71. The fraction of sp³-hybridized carbons (Fsp3) is 0.667. The largest absolute Gasteiger partial charge is 0.464 e.